The van der Waals surface area contributed by atoms with Crippen LogP contribution in [-0.2, 0) is 0 Å². The quantitative estimate of drug-likeness (QED) is 0.548. The van der Waals surface area contributed by atoms with Crippen molar-refractivity contribution < 1.29 is 9.59 Å². The van der Waals surface area contributed by atoms with Crippen molar-refractivity contribution in [2.75, 3.05) is 6.54 Å². The lowest BCUT2D eigenvalue weighted by molar-refractivity contribution is 0.332. The predicted molar refractivity (Wildman–Crippen MR) is 53.0 cm³/mol. The first kappa shape index (κ1) is 12.1. The van der Waals surface area contributed by atoms with Gasteiger partial charge in [0.15, 0.2) is 0 Å². The number of unbranched alkanes of at least 4 members (excludes halogenated alkanes) is 1. The average molecular weight is 191 g/mol. The van der Waals surface area contributed by atoms with Crippen LogP contribution in [0.1, 0.15) is 33.1 Å². The van der Waals surface area contributed by atoms with E-state index in [4.69, 9.17) is 5.73 Å². The van der Waals surface area contributed by atoms with Gasteiger partial charge in [0.1, 0.15) is 0 Å². The van der Waals surface area contributed by atoms with Gasteiger partial charge in [-0.2, -0.15) is 0 Å². The highest BCUT2D eigenvalue weighted by atomic mass is 28.4. The zero-order valence-electron chi connectivity index (χ0n) is 8.08. The molecule has 0 aromatic heterocycles. The molecule has 4 heteroatoms. The highest BCUT2D eigenvalue weighted by molar-refractivity contribution is 6.66. The van der Waals surface area contributed by atoms with Crippen molar-refractivity contribution in [3.63, 3.8) is 0 Å². The first-order chi connectivity index (χ1) is 5.58. The summed E-state index contributed by atoms with van der Waals surface area (Å²) in [6, 6.07) is 0.485. The van der Waals surface area contributed by atoms with Crippen LogP contribution < -0.4 is 5.73 Å². The smallest absolute Gasteiger partial charge is 0.336 e. The molecule has 0 saturated carbocycles. The second-order valence-corrected chi connectivity index (χ2v) is 6.59. The SMILES string of the molecule is CCCCC(CN)[Si](O)(O)CC. The standard InChI is InChI=1S/C8H21NO2Si/c1-3-5-6-8(7-9)12(10,11)4-2/h8,10-11H,3-7,9H2,1-2H3. The molecular weight excluding hydrogens is 170 g/mol. The Kier molecular flexibility index (Phi) is 5.74. The van der Waals surface area contributed by atoms with Gasteiger partial charge in [0.25, 0.3) is 0 Å². The third-order valence-corrected chi connectivity index (χ3v) is 5.24. The number of rotatable bonds is 6. The summed E-state index contributed by atoms with van der Waals surface area (Å²) in [4.78, 5) is 19.2. The van der Waals surface area contributed by atoms with E-state index in [9.17, 15) is 9.59 Å². The van der Waals surface area contributed by atoms with Crippen LogP contribution in [0.5, 0.6) is 0 Å². The zero-order chi connectivity index (χ0) is 9.61. The van der Waals surface area contributed by atoms with E-state index in [1.807, 2.05) is 6.92 Å². The Morgan fingerprint density at radius 3 is 2.25 bits per heavy atom. The predicted octanol–water partition coefficient (Wildman–Crippen LogP) is 0.952. The molecule has 0 aliphatic carbocycles. The molecule has 0 heterocycles. The van der Waals surface area contributed by atoms with Gasteiger partial charge in [-0.05, 0) is 19.0 Å². The molecule has 0 saturated heterocycles. The third kappa shape index (κ3) is 3.67. The zero-order valence-corrected chi connectivity index (χ0v) is 9.08. The minimum atomic E-state index is -2.97. The van der Waals surface area contributed by atoms with E-state index in [-0.39, 0.29) is 5.54 Å². The van der Waals surface area contributed by atoms with Crippen molar-refractivity contribution in [2.45, 2.75) is 44.7 Å². The average Bonchev–Trinajstić information content (AvgIpc) is 2.05. The summed E-state index contributed by atoms with van der Waals surface area (Å²) in [5.41, 5.74) is 5.45. The largest absolute Gasteiger partial charge is 0.410 e. The topological polar surface area (TPSA) is 66.5 Å². The molecule has 0 spiro atoms. The van der Waals surface area contributed by atoms with Crippen molar-refractivity contribution in [3.05, 3.63) is 0 Å². The maximum atomic E-state index is 9.62. The lowest BCUT2D eigenvalue weighted by atomic mass is 10.2. The van der Waals surface area contributed by atoms with Gasteiger partial charge in [-0.15, -0.1) is 0 Å². The van der Waals surface area contributed by atoms with Gasteiger partial charge in [-0.1, -0.05) is 26.7 Å². The second kappa shape index (κ2) is 5.69. The fourth-order valence-corrected chi connectivity index (χ4v) is 2.90. The lowest BCUT2D eigenvalue weighted by Crippen LogP contribution is -2.42. The van der Waals surface area contributed by atoms with Crippen LogP contribution in [0.25, 0.3) is 0 Å². The Morgan fingerprint density at radius 2 is 1.92 bits per heavy atom. The molecular formula is C8H21NO2Si. The molecule has 0 aliphatic rings. The van der Waals surface area contributed by atoms with Gasteiger partial charge in [0.05, 0.1) is 0 Å². The molecule has 74 valence electrons. The molecule has 1 atom stereocenters. The molecule has 3 nitrogen and oxygen atoms in total. The van der Waals surface area contributed by atoms with Crippen LogP contribution in [-0.4, -0.2) is 24.7 Å². The van der Waals surface area contributed by atoms with Crippen LogP contribution in [0.4, 0.5) is 0 Å². The lowest BCUT2D eigenvalue weighted by Gasteiger charge is -2.25. The number of hydrogen-bond donors (Lipinski definition) is 3. The van der Waals surface area contributed by atoms with E-state index in [1.165, 1.54) is 0 Å². The van der Waals surface area contributed by atoms with E-state index in [2.05, 4.69) is 6.92 Å². The van der Waals surface area contributed by atoms with Gasteiger partial charge >= 0.3 is 8.56 Å². The summed E-state index contributed by atoms with van der Waals surface area (Å²) in [5.74, 6) is 0. The minimum absolute atomic E-state index is 0.0394. The van der Waals surface area contributed by atoms with Crippen molar-refractivity contribution in [2.24, 2.45) is 5.73 Å². The van der Waals surface area contributed by atoms with Crippen molar-refractivity contribution in [3.8, 4) is 0 Å². The molecule has 0 fully saturated rings. The summed E-state index contributed by atoms with van der Waals surface area (Å²) >= 11 is 0. The van der Waals surface area contributed by atoms with E-state index >= 15 is 0 Å². The summed E-state index contributed by atoms with van der Waals surface area (Å²) in [6.07, 6.45) is 2.99. The third-order valence-electron chi connectivity index (χ3n) is 2.36. The maximum absolute atomic E-state index is 9.62. The van der Waals surface area contributed by atoms with E-state index in [0.29, 0.717) is 12.6 Å². The molecule has 4 N–H and O–H groups in total. The molecule has 0 aromatic rings. The molecule has 0 bridgehead atoms. The van der Waals surface area contributed by atoms with Gasteiger partial charge < -0.3 is 15.3 Å². The fourth-order valence-electron chi connectivity index (χ4n) is 1.28. The van der Waals surface area contributed by atoms with Crippen LogP contribution in [0, 0.1) is 0 Å². The number of nitrogens with two attached hydrogens (primary N) is 1. The Hall–Kier alpha value is 0.0969. The Balaban J connectivity index is 3.95. The highest BCUT2D eigenvalue weighted by Crippen LogP contribution is 2.24. The maximum Gasteiger partial charge on any atom is 0.336 e. The van der Waals surface area contributed by atoms with Gasteiger partial charge in [-0.25, -0.2) is 0 Å². The second-order valence-electron chi connectivity index (χ2n) is 3.31. The van der Waals surface area contributed by atoms with Crippen molar-refractivity contribution in [1.29, 1.82) is 0 Å². The van der Waals surface area contributed by atoms with Gasteiger partial charge in [0.2, 0.25) is 0 Å². The minimum Gasteiger partial charge on any atom is -0.410 e. The summed E-state index contributed by atoms with van der Waals surface area (Å²) < 4.78 is 0. The normalized spacial score (nSPS) is 14.8. The Bertz CT molecular complexity index is 120. The van der Waals surface area contributed by atoms with Crippen LogP contribution in [0.15, 0.2) is 0 Å². The van der Waals surface area contributed by atoms with E-state index in [0.717, 1.165) is 19.3 Å². The van der Waals surface area contributed by atoms with Crippen molar-refractivity contribution >= 4 is 8.56 Å². The molecule has 0 amide bonds. The molecule has 1 unspecified atom stereocenters. The Labute approximate surface area is 75.8 Å². The summed E-state index contributed by atoms with van der Waals surface area (Å²) in [7, 11) is -2.97. The van der Waals surface area contributed by atoms with Crippen LogP contribution in [0.2, 0.25) is 11.6 Å². The fraction of sp³-hybridized carbons (Fsp3) is 1.00. The van der Waals surface area contributed by atoms with E-state index < -0.39 is 8.56 Å². The molecule has 0 aromatic carbocycles. The van der Waals surface area contributed by atoms with Gasteiger partial charge in [-0.3, -0.25) is 0 Å². The molecule has 0 radical (unpaired) electrons. The molecule has 12 heavy (non-hydrogen) atoms. The summed E-state index contributed by atoms with van der Waals surface area (Å²) in [5, 5.41) is 0. The van der Waals surface area contributed by atoms with Crippen LogP contribution in [0.3, 0.4) is 0 Å². The van der Waals surface area contributed by atoms with E-state index in [1.54, 1.807) is 0 Å². The summed E-state index contributed by atoms with van der Waals surface area (Å²) in [6.45, 7) is 4.32. The monoisotopic (exact) mass is 191 g/mol. The van der Waals surface area contributed by atoms with Crippen molar-refractivity contribution in [1.82, 2.24) is 0 Å². The van der Waals surface area contributed by atoms with Crippen LogP contribution >= 0.6 is 0 Å². The highest BCUT2D eigenvalue weighted by Gasteiger charge is 2.35. The number of hydrogen-bond acceptors (Lipinski definition) is 3. The molecule has 0 rings (SSSR count). The first-order valence-electron chi connectivity index (χ1n) is 4.73. The first-order valence-corrected chi connectivity index (χ1v) is 6.91. The van der Waals surface area contributed by atoms with Gasteiger partial charge in [0, 0.05) is 5.54 Å². The molecule has 0 aliphatic heterocycles. The Morgan fingerprint density at radius 1 is 1.33 bits per heavy atom.